The predicted molar refractivity (Wildman–Crippen MR) is 55.8 cm³/mol. The maximum Gasteiger partial charge on any atom is 0.414 e. The number of aliphatic hydroxyl groups is 1. The first kappa shape index (κ1) is 9.98. The molecule has 1 aromatic rings. The van der Waals surface area contributed by atoms with Gasteiger partial charge in [-0.3, -0.25) is 4.90 Å². The Balaban J connectivity index is 2.21. The summed E-state index contributed by atoms with van der Waals surface area (Å²) in [6.07, 6.45) is 0.209. The summed E-state index contributed by atoms with van der Waals surface area (Å²) in [7, 11) is 0. The highest BCUT2D eigenvalue weighted by molar-refractivity contribution is 5.90. The zero-order valence-electron chi connectivity index (χ0n) is 8.30. The third-order valence-corrected chi connectivity index (χ3v) is 2.46. The lowest BCUT2D eigenvalue weighted by Gasteiger charge is -2.20. The quantitative estimate of drug-likeness (QED) is 0.814. The minimum absolute atomic E-state index is 0.0510. The largest absolute Gasteiger partial charge is 0.447 e. The minimum atomic E-state index is -0.334. The number of benzene rings is 1. The number of carbonyl (C=O) groups excluding carboxylic acids is 1. The molecule has 0 radical (unpaired) electrons. The first-order valence-corrected chi connectivity index (χ1v) is 4.95. The van der Waals surface area contributed by atoms with E-state index in [1.807, 2.05) is 30.3 Å². The van der Waals surface area contributed by atoms with Gasteiger partial charge in [0.05, 0.1) is 6.04 Å². The molecule has 4 nitrogen and oxygen atoms in total. The molecule has 1 amide bonds. The number of hydrogen-bond donors (Lipinski definition) is 1. The maximum absolute atomic E-state index is 11.5. The molecule has 0 spiro atoms. The zero-order valence-corrected chi connectivity index (χ0v) is 8.30. The number of amides is 1. The number of cyclic esters (lactones) is 1. The van der Waals surface area contributed by atoms with Gasteiger partial charge in [-0.05, 0) is 18.6 Å². The highest BCUT2D eigenvalue weighted by Gasteiger charge is 2.33. The molecule has 0 aromatic heterocycles. The molecule has 1 aliphatic rings. The number of ether oxygens (including phenoxy) is 1. The van der Waals surface area contributed by atoms with Gasteiger partial charge in [0.2, 0.25) is 0 Å². The van der Waals surface area contributed by atoms with Crippen LogP contribution in [0.15, 0.2) is 30.3 Å². The molecule has 1 heterocycles. The molecule has 1 fully saturated rings. The molecule has 1 N–H and O–H groups in total. The van der Waals surface area contributed by atoms with Crippen LogP contribution >= 0.6 is 0 Å². The lowest BCUT2D eigenvalue weighted by molar-refractivity contribution is 0.176. The van der Waals surface area contributed by atoms with E-state index in [0.717, 1.165) is 5.69 Å². The van der Waals surface area contributed by atoms with Crippen LogP contribution in [0.1, 0.15) is 6.42 Å². The summed E-state index contributed by atoms with van der Waals surface area (Å²) in [5.74, 6) is 0. The summed E-state index contributed by atoms with van der Waals surface area (Å²) < 4.78 is 4.96. The number of para-hydroxylation sites is 1. The van der Waals surface area contributed by atoms with Crippen molar-refractivity contribution in [2.24, 2.45) is 0 Å². The van der Waals surface area contributed by atoms with Gasteiger partial charge < -0.3 is 9.84 Å². The van der Waals surface area contributed by atoms with E-state index in [4.69, 9.17) is 9.84 Å². The van der Waals surface area contributed by atoms with E-state index in [2.05, 4.69) is 0 Å². The average molecular weight is 207 g/mol. The molecule has 1 saturated heterocycles. The number of carbonyl (C=O) groups is 1. The van der Waals surface area contributed by atoms with Crippen molar-refractivity contribution >= 4 is 11.8 Å². The van der Waals surface area contributed by atoms with Gasteiger partial charge in [0, 0.05) is 12.3 Å². The predicted octanol–water partition coefficient (Wildman–Crippen LogP) is 1.39. The third kappa shape index (κ3) is 1.94. The summed E-state index contributed by atoms with van der Waals surface area (Å²) in [5.41, 5.74) is 0.818. The van der Waals surface area contributed by atoms with Crippen molar-refractivity contribution in [3.05, 3.63) is 30.3 Å². The zero-order chi connectivity index (χ0) is 10.7. The molecule has 0 bridgehead atoms. The van der Waals surface area contributed by atoms with Gasteiger partial charge in [-0.1, -0.05) is 18.2 Å². The summed E-state index contributed by atoms with van der Waals surface area (Å²) in [4.78, 5) is 13.1. The standard InChI is InChI=1S/C11H13NO3/c13-7-6-10-8-15-11(14)12(10)9-4-2-1-3-5-9/h1-5,10,13H,6-8H2. The number of aliphatic hydroxyl groups excluding tert-OH is 1. The van der Waals surface area contributed by atoms with Crippen LogP contribution in [0.4, 0.5) is 10.5 Å². The second-order valence-electron chi connectivity index (χ2n) is 3.45. The fourth-order valence-electron chi connectivity index (χ4n) is 1.73. The van der Waals surface area contributed by atoms with E-state index in [1.165, 1.54) is 0 Å². The SMILES string of the molecule is O=C1OCC(CCO)N1c1ccccc1. The Labute approximate surface area is 88.1 Å². The minimum Gasteiger partial charge on any atom is -0.447 e. The molecule has 1 atom stereocenters. The van der Waals surface area contributed by atoms with Crippen molar-refractivity contribution < 1.29 is 14.6 Å². The van der Waals surface area contributed by atoms with Crippen molar-refractivity contribution in [2.75, 3.05) is 18.1 Å². The van der Waals surface area contributed by atoms with Gasteiger partial charge in [0.1, 0.15) is 6.61 Å². The molecule has 0 saturated carbocycles. The summed E-state index contributed by atoms with van der Waals surface area (Å²) in [6.45, 7) is 0.416. The molecular formula is C11H13NO3. The molecule has 0 aliphatic carbocycles. The van der Waals surface area contributed by atoms with Crippen LogP contribution in [0.3, 0.4) is 0 Å². The lowest BCUT2D eigenvalue weighted by Crippen LogP contribution is -2.33. The van der Waals surface area contributed by atoms with Crippen LogP contribution in [0.5, 0.6) is 0 Å². The van der Waals surface area contributed by atoms with E-state index in [-0.39, 0.29) is 18.7 Å². The average Bonchev–Trinajstić information content (AvgIpc) is 2.62. The number of rotatable bonds is 3. The lowest BCUT2D eigenvalue weighted by atomic mass is 10.2. The first-order valence-electron chi connectivity index (χ1n) is 4.95. The Morgan fingerprint density at radius 3 is 2.80 bits per heavy atom. The molecule has 1 aliphatic heterocycles. The van der Waals surface area contributed by atoms with Crippen LogP contribution in [0.25, 0.3) is 0 Å². The Bertz CT molecular complexity index is 339. The van der Waals surface area contributed by atoms with Crippen molar-refractivity contribution in [3.8, 4) is 0 Å². The van der Waals surface area contributed by atoms with E-state index < -0.39 is 0 Å². The van der Waals surface area contributed by atoms with Crippen molar-refractivity contribution in [1.29, 1.82) is 0 Å². The van der Waals surface area contributed by atoms with Gasteiger partial charge in [0.15, 0.2) is 0 Å². The molecular weight excluding hydrogens is 194 g/mol. The second kappa shape index (κ2) is 4.31. The Morgan fingerprint density at radius 1 is 1.40 bits per heavy atom. The Morgan fingerprint density at radius 2 is 2.13 bits per heavy atom. The number of anilines is 1. The van der Waals surface area contributed by atoms with Gasteiger partial charge in [0.25, 0.3) is 0 Å². The van der Waals surface area contributed by atoms with Crippen LogP contribution in [-0.2, 0) is 4.74 Å². The summed E-state index contributed by atoms with van der Waals surface area (Å²) >= 11 is 0. The number of hydrogen-bond acceptors (Lipinski definition) is 3. The second-order valence-corrected chi connectivity index (χ2v) is 3.45. The van der Waals surface area contributed by atoms with Crippen molar-refractivity contribution in [3.63, 3.8) is 0 Å². The van der Waals surface area contributed by atoms with Gasteiger partial charge in [-0.2, -0.15) is 0 Å². The highest BCUT2D eigenvalue weighted by atomic mass is 16.6. The third-order valence-electron chi connectivity index (χ3n) is 2.46. The molecule has 15 heavy (non-hydrogen) atoms. The first-order chi connectivity index (χ1) is 7.33. The fraction of sp³-hybridized carbons (Fsp3) is 0.364. The normalized spacial score (nSPS) is 20.5. The Hall–Kier alpha value is -1.55. The fourth-order valence-corrected chi connectivity index (χ4v) is 1.73. The van der Waals surface area contributed by atoms with E-state index in [9.17, 15) is 4.79 Å². The van der Waals surface area contributed by atoms with Crippen LogP contribution in [-0.4, -0.2) is 30.5 Å². The highest BCUT2D eigenvalue weighted by Crippen LogP contribution is 2.23. The van der Waals surface area contributed by atoms with Gasteiger partial charge in [-0.15, -0.1) is 0 Å². The van der Waals surface area contributed by atoms with Crippen molar-refractivity contribution in [2.45, 2.75) is 12.5 Å². The van der Waals surface area contributed by atoms with Gasteiger partial charge >= 0.3 is 6.09 Å². The van der Waals surface area contributed by atoms with E-state index in [1.54, 1.807) is 4.90 Å². The monoisotopic (exact) mass is 207 g/mol. The smallest absolute Gasteiger partial charge is 0.414 e. The molecule has 1 unspecified atom stereocenters. The van der Waals surface area contributed by atoms with Crippen LogP contribution < -0.4 is 4.90 Å². The molecule has 4 heteroatoms. The van der Waals surface area contributed by atoms with Crippen LogP contribution in [0.2, 0.25) is 0 Å². The van der Waals surface area contributed by atoms with Gasteiger partial charge in [-0.25, -0.2) is 4.79 Å². The van der Waals surface area contributed by atoms with Crippen LogP contribution in [0, 0.1) is 0 Å². The topological polar surface area (TPSA) is 49.8 Å². The Kier molecular flexibility index (Phi) is 2.87. The molecule has 1 aromatic carbocycles. The molecule has 2 rings (SSSR count). The van der Waals surface area contributed by atoms with E-state index >= 15 is 0 Å². The molecule has 80 valence electrons. The number of nitrogens with zero attached hydrogens (tertiary/aromatic N) is 1. The van der Waals surface area contributed by atoms with E-state index in [0.29, 0.717) is 13.0 Å². The summed E-state index contributed by atoms with van der Waals surface area (Å²) in [6, 6.07) is 9.30. The summed E-state index contributed by atoms with van der Waals surface area (Å²) in [5, 5.41) is 8.88. The van der Waals surface area contributed by atoms with Crippen molar-refractivity contribution in [1.82, 2.24) is 0 Å². The maximum atomic E-state index is 11.5.